The number of nitrogens with zero attached hydrogens (tertiary/aromatic N) is 1. The molecule has 0 unspecified atom stereocenters. The molecule has 0 radical (unpaired) electrons. The molecule has 2 aromatic carbocycles. The number of aromatic nitrogens is 1. The number of hydrazone groups is 1. The summed E-state index contributed by atoms with van der Waals surface area (Å²) >= 11 is 0. The first-order valence-corrected chi connectivity index (χ1v) is 6.95. The summed E-state index contributed by atoms with van der Waals surface area (Å²) in [7, 11) is 0. The molecular weight excluding hydrogens is 274 g/mol. The summed E-state index contributed by atoms with van der Waals surface area (Å²) in [6.07, 6.45) is 3.36. The Morgan fingerprint density at radius 3 is 2.32 bits per heavy atom. The fourth-order valence-electron chi connectivity index (χ4n) is 2.09. The highest BCUT2D eigenvalue weighted by molar-refractivity contribution is 5.95. The fraction of sp³-hybridized carbons (Fsp3) is 0. The van der Waals surface area contributed by atoms with E-state index < -0.39 is 0 Å². The van der Waals surface area contributed by atoms with Crippen LogP contribution in [0.2, 0.25) is 0 Å². The van der Waals surface area contributed by atoms with Crippen molar-refractivity contribution in [2.45, 2.75) is 0 Å². The lowest BCUT2D eigenvalue weighted by atomic mass is 10.0. The van der Waals surface area contributed by atoms with Crippen molar-refractivity contribution in [1.29, 1.82) is 0 Å². The number of amides is 1. The van der Waals surface area contributed by atoms with E-state index in [0.29, 0.717) is 5.56 Å². The van der Waals surface area contributed by atoms with Crippen LogP contribution in [0.1, 0.15) is 16.1 Å². The van der Waals surface area contributed by atoms with Crippen molar-refractivity contribution < 1.29 is 4.79 Å². The molecule has 1 amide bonds. The van der Waals surface area contributed by atoms with Crippen molar-refractivity contribution in [2.75, 3.05) is 0 Å². The van der Waals surface area contributed by atoms with Crippen LogP contribution in [0.3, 0.4) is 0 Å². The largest absolute Gasteiger partial charge is 0.360 e. The van der Waals surface area contributed by atoms with Crippen LogP contribution in [0, 0.1) is 0 Å². The van der Waals surface area contributed by atoms with E-state index in [2.05, 4.69) is 15.5 Å². The van der Waals surface area contributed by atoms with Gasteiger partial charge >= 0.3 is 0 Å². The zero-order chi connectivity index (χ0) is 15.2. The molecule has 0 aliphatic carbocycles. The van der Waals surface area contributed by atoms with Crippen molar-refractivity contribution >= 4 is 12.1 Å². The first-order chi connectivity index (χ1) is 10.8. The number of nitrogens with one attached hydrogen (secondary N) is 2. The number of H-pyrrole nitrogens is 1. The molecule has 0 aliphatic rings. The number of hydrogen-bond donors (Lipinski definition) is 2. The molecule has 0 saturated carbocycles. The number of aromatic amines is 1. The monoisotopic (exact) mass is 289 g/mol. The van der Waals surface area contributed by atoms with Crippen molar-refractivity contribution in [3.8, 4) is 11.1 Å². The second-order valence-electron chi connectivity index (χ2n) is 4.77. The molecule has 108 valence electrons. The summed E-state index contributed by atoms with van der Waals surface area (Å²) in [5.74, 6) is -0.234. The van der Waals surface area contributed by atoms with Gasteiger partial charge < -0.3 is 4.98 Å². The third-order valence-electron chi connectivity index (χ3n) is 3.25. The molecule has 3 aromatic rings. The summed E-state index contributed by atoms with van der Waals surface area (Å²) in [6, 6.07) is 21.2. The predicted octanol–water partition coefficient (Wildman–Crippen LogP) is 3.45. The second kappa shape index (κ2) is 6.54. The Labute approximate surface area is 128 Å². The second-order valence-corrected chi connectivity index (χ2v) is 4.77. The van der Waals surface area contributed by atoms with Crippen molar-refractivity contribution in [2.24, 2.45) is 5.10 Å². The topological polar surface area (TPSA) is 57.2 Å². The maximum absolute atomic E-state index is 12.0. The van der Waals surface area contributed by atoms with E-state index in [0.717, 1.165) is 16.8 Å². The van der Waals surface area contributed by atoms with Gasteiger partial charge in [0.15, 0.2) is 0 Å². The quantitative estimate of drug-likeness (QED) is 0.561. The summed E-state index contributed by atoms with van der Waals surface area (Å²) in [6.45, 7) is 0. The molecule has 0 saturated heterocycles. The van der Waals surface area contributed by atoms with Gasteiger partial charge in [0, 0.05) is 11.8 Å². The van der Waals surface area contributed by atoms with Gasteiger partial charge in [-0.25, -0.2) is 5.43 Å². The van der Waals surface area contributed by atoms with Gasteiger partial charge in [-0.2, -0.15) is 5.10 Å². The van der Waals surface area contributed by atoms with Crippen LogP contribution in [0.25, 0.3) is 11.1 Å². The van der Waals surface area contributed by atoms with Gasteiger partial charge in [0.05, 0.1) is 11.9 Å². The Kier molecular flexibility index (Phi) is 4.11. The summed E-state index contributed by atoms with van der Waals surface area (Å²) in [4.78, 5) is 15.0. The highest BCUT2D eigenvalue weighted by Crippen LogP contribution is 2.19. The van der Waals surface area contributed by atoms with E-state index in [4.69, 9.17) is 0 Å². The molecule has 4 nitrogen and oxygen atoms in total. The van der Waals surface area contributed by atoms with E-state index in [-0.39, 0.29) is 5.91 Å². The smallest absolute Gasteiger partial charge is 0.271 e. The van der Waals surface area contributed by atoms with Crippen LogP contribution < -0.4 is 5.43 Å². The van der Waals surface area contributed by atoms with E-state index in [1.165, 1.54) is 0 Å². The molecule has 2 N–H and O–H groups in total. The van der Waals surface area contributed by atoms with Crippen LogP contribution in [-0.4, -0.2) is 17.1 Å². The summed E-state index contributed by atoms with van der Waals surface area (Å²) in [5, 5.41) is 3.91. The van der Waals surface area contributed by atoms with Crippen LogP contribution in [-0.2, 0) is 0 Å². The minimum absolute atomic E-state index is 0.234. The molecule has 3 rings (SSSR count). The van der Waals surface area contributed by atoms with Gasteiger partial charge in [-0.15, -0.1) is 0 Å². The molecular formula is C18H15N3O. The first-order valence-electron chi connectivity index (χ1n) is 6.95. The SMILES string of the molecule is O=C(N/N=C/c1ccc[nH]1)c1ccc(-c2ccccc2)cc1. The predicted molar refractivity (Wildman–Crippen MR) is 87.7 cm³/mol. The highest BCUT2D eigenvalue weighted by Gasteiger charge is 2.04. The summed E-state index contributed by atoms with van der Waals surface area (Å²) in [5.41, 5.74) is 6.11. The third-order valence-corrected chi connectivity index (χ3v) is 3.25. The van der Waals surface area contributed by atoms with Gasteiger partial charge in [0.25, 0.3) is 5.91 Å². The number of hydrogen-bond acceptors (Lipinski definition) is 2. The Bertz CT molecular complexity index is 760. The molecule has 1 aromatic heterocycles. The van der Waals surface area contributed by atoms with Gasteiger partial charge in [0.2, 0.25) is 0 Å². The van der Waals surface area contributed by atoms with Gasteiger partial charge in [-0.1, -0.05) is 42.5 Å². The van der Waals surface area contributed by atoms with E-state index in [9.17, 15) is 4.79 Å². The van der Waals surface area contributed by atoms with Crippen LogP contribution in [0.4, 0.5) is 0 Å². The summed E-state index contributed by atoms with van der Waals surface area (Å²) < 4.78 is 0. The third kappa shape index (κ3) is 3.30. The Hall–Kier alpha value is -3.14. The molecule has 1 heterocycles. The minimum atomic E-state index is -0.234. The van der Waals surface area contributed by atoms with Crippen molar-refractivity contribution in [3.05, 3.63) is 84.2 Å². The number of carbonyl (C=O) groups excluding carboxylic acids is 1. The molecule has 22 heavy (non-hydrogen) atoms. The van der Waals surface area contributed by atoms with E-state index in [1.54, 1.807) is 24.5 Å². The van der Waals surface area contributed by atoms with Gasteiger partial charge in [-0.05, 0) is 35.4 Å². The standard InChI is InChI=1S/C18H15N3O/c22-18(21-20-13-17-7-4-12-19-17)16-10-8-15(9-11-16)14-5-2-1-3-6-14/h1-13,19H,(H,21,22)/b20-13+. The zero-order valence-electron chi connectivity index (χ0n) is 11.9. The lowest BCUT2D eigenvalue weighted by molar-refractivity contribution is 0.0955. The van der Waals surface area contributed by atoms with Crippen LogP contribution in [0.15, 0.2) is 78.0 Å². The maximum atomic E-state index is 12.0. The van der Waals surface area contributed by atoms with Gasteiger partial charge in [-0.3, -0.25) is 4.79 Å². The van der Waals surface area contributed by atoms with Crippen molar-refractivity contribution in [3.63, 3.8) is 0 Å². The van der Waals surface area contributed by atoms with Crippen LogP contribution in [0.5, 0.6) is 0 Å². The average molecular weight is 289 g/mol. The average Bonchev–Trinajstić information content (AvgIpc) is 3.09. The van der Waals surface area contributed by atoms with Crippen molar-refractivity contribution in [1.82, 2.24) is 10.4 Å². The minimum Gasteiger partial charge on any atom is -0.360 e. The molecule has 0 atom stereocenters. The Morgan fingerprint density at radius 2 is 1.64 bits per heavy atom. The maximum Gasteiger partial charge on any atom is 0.271 e. The highest BCUT2D eigenvalue weighted by atomic mass is 16.2. The first kappa shape index (κ1) is 13.8. The molecule has 0 aliphatic heterocycles. The lowest BCUT2D eigenvalue weighted by Gasteiger charge is -2.03. The number of benzene rings is 2. The lowest BCUT2D eigenvalue weighted by Crippen LogP contribution is -2.17. The molecule has 0 spiro atoms. The number of carbonyl (C=O) groups is 1. The molecule has 0 bridgehead atoms. The Balaban J connectivity index is 1.66. The molecule has 4 heteroatoms. The van der Waals surface area contributed by atoms with E-state index in [1.807, 2.05) is 54.6 Å². The van der Waals surface area contributed by atoms with Gasteiger partial charge in [0.1, 0.15) is 0 Å². The normalized spacial score (nSPS) is 10.7. The fourth-order valence-corrected chi connectivity index (χ4v) is 2.09. The van der Waals surface area contributed by atoms with Crippen LogP contribution >= 0.6 is 0 Å². The van der Waals surface area contributed by atoms with E-state index >= 15 is 0 Å². The zero-order valence-corrected chi connectivity index (χ0v) is 11.9. The number of rotatable bonds is 4. The molecule has 0 fully saturated rings. The Morgan fingerprint density at radius 1 is 0.909 bits per heavy atom.